The summed E-state index contributed by atoms with van der Waals surface area (Å²) in [6.07, 6.45) is 3.36. The van der Waals surface area contributed by atoms with Crippen LogP contribution in [0, 0.1) is 13.8 Å². The van der Waals surface area contributed by atoms with Crippen LogP contribution in [0.4, 0.5) is 5.00 Å². The van der Waals surface area contributed by atoms with Gasteiger partial charge in [0.25, 0.3) is 5.91 Å². The first-order valence-electron chi connectivity index (χ1n) is 8.31. The molecule has 3 aromatic rings. The van der Waals surface area contributed by atoms with Crippen LogP contribution >= 0.6 is 11.3 Å². The van der Waals surface area contributed by atoms with Crippen LogP contribution in [0.1, 0.15) is 32.3 Å². The van der Waals surface area contributed by atoms with Crippen molar-refractivity contribution >= 4 is 22.2 Å². The highest BCUT2D eigenvalue weighted by molar-refractivity contribution is 7.16. The maximum atomic E-state index is 13.0. The van der Waals surface area contributed by atoms with Gasteiger partial charge in [-0.05, 0) is 43.7 Å². The highest BCUT2D eigenvalue weighted by atomic mass is 32.1. The molecule has 0 bridgehead atoms. The first-order chi connectivity index (χ1) is 12.1. The number of furan rings is 1. The molecule has 0 radical (unpaired) electrons. The summed E-state index contributed by atoms with van der Waals surface area (Å²) in [6, 6.07) is 9.44. The minimum Gasteiger partial charge on any atom is -0.459 e. The number of thiophene rings is 1. The number of nitrogens with one attached hydrogen (secondary N) is 1. The van der Waals surface area contributed by atoms with E-state index in [1.165, 1.54) is 20.9 Å². The zero-order valence-corrected chi connectivity index (χ0v) is 15.1. The Kier molecular flexibility index (Phi) is 4.15. The van der Waals surface area contributed by atoms with Gasteiger partial charge in [-0.1, -0.05) is 6.07 Å². The lowest BCUT2D eigenvalue weighted by Gasteiger charge is -2.32. The first kappa shape index (κ1) is 16.1. The fourth-order valence-corrected chi connectivity index (χ4v) is 4.43. The van der Waals surface area contributed by atoms with Gasteiger partial charge in [0.2, 0.25) is 0 Å². The SMILES string of the molecule is Cc1sc2c(c1C)C[NH+](Cc1ccccn1)CN2C(=O)c1ccco1. The second-order valence-corrected chi connectivity index (χ2v) is 7.56. The van der Waals surface area contributed by atoms with Crippen LogP contribution in [0.15, 0.2) is 47.2 Å². The number of quaternary nitrogens is 1. The van der Waals surface area contributed by atoms with E-state index in [0.717, 1.165) is 23.8 Å². The number of hydrogen-bond acceptors (Lipinski definition) is 4. The summed E-state index contributed by atoms with van der Waals surface area (Å²) >= 11 is 1.69. The van der Waals surface area contributed by atoms with Gasteiger partial charge >= 0.3 is 0 Å². The van der Waals surface area contributed by atoms with Gasteiger partial charge in [0, 0.05) is 16.6 Å². The molecule has 25 heavy (non-hydrogen) atoms. The van der Waals surface area contributed by atoms with Gasteiger partial charge in [-0.3, -0.25) is 9.78 Å². The average Bonchev–Trinajstić information content (AvgIpc) is 3.25. The Bertz CT molecular complexity index is 887. The van der Waals surface area contributed by atoms with Crippen molar-refractivity contribution in [1.82, 2.24) is 4.98 Å². The van der Waals surface area contributed by atoms with Crippen molar-refractivity contribution in [3.63, 3.8) is 0 Å². The van der Waals surface area contributed by atoms with Crippen molar-refractivity contribution in [2.24, 2.45) is 0 Å². The molecule has 0 fully saturated rings. The van der Waals surface area contributed by atoms with Gasteiger partial charge in [-0.2, -0.15) is 0 Å². The monoisotopic (exact) mass is 354 g/mol. The summed E-state index contributed by atoms with van der Waals surface area (Å²) in [5, 5.41) is 1.06. The lowest BCUT2D eigenvalue weighted by molar-refractivity contribution is -0.928. The molecule has 1 aliphatic rings. The van der Waals surface area contributed by atoms with Crippen LogP contribution < -0.4 is 9.80 Å². The number of amides is 1. The number of rotatable bonds is 3. The third-order valence-corrected chi connectivity index (χ3v) is 5.95. The van der Waals surface area contributed by atoms with E-state index >= 15 is 0 Å². The smallest absolute Gasteiger partial charge is 0.298 e. The number of aromatic nitrogens is 1. The summed E-state index contributed by atoms with van der Waals surface area (Å²) in [7, 11) is 0. The molecule has 0 aromatic carbocycles. The normalized spacial score (nSPS) is 16.7. The van der Waals surface area contributed by atoms with Crippen LogP contribution in [0.2, 0.25) is 0 Å². The molecular weight excluding hydrogens is 334 g/mol. The van der Waals surface area contributed by atoms with E-state index < -0.39 is 0 Å². The average molecular weight is 354 g/mol. The van der Waals surface area contributed by atoms with Crippen molar-refractivity contribution in [3.05, 3.63) is 70.3 Å². The van der Waals surface area contributed by atoms with Gasteiger partial charge in [-0.25, -0.2) is 4.90 Å². The summed E-state index contributed by atoms with van der Waals surface area (Å²) in [5.74, 6) is 0.305. The summed E-state index contributed by atoms with van der Waals surface area (Å²) in [6.45, 7) is 6.57. The number of fused-ring (bicyclic) bond motifs is 1. The number of nitrogens with zero attached hydrogens (tertiary/aromatic N) is 2. The molecule has 0 aliphatic carbocycles. The lowest BCUT2D eigenvalue weighted by Crippen LogP contribution is -3.12. The molecule has 1 atom stereocenters. The molecular formula is C19H20N3O2S+. The maximum Gasteiger partial charge on any atom is 0.298 e. The highest BCUT2D eigenvalue weighted by Gasteiger charge is 2.34. The molecule has 0 saturated carbocycles. The van der Waals surface area contributed by atoms with E-state index in [1.54, 1.807) is 29.7 Å². The Hall–Kier alpha value is -2.44. The largest absolute Gasteiger partial charge is 0.459 e. The van der Waals surface area contributed by atoms with Gasteiger partial charge in [0.1, 0.15) is 18.1 Å². The molecule has 1 N–H and O–H groups in total. The third kappa shape index (κ3) is 2.99. The number of aryl methyl sites for hydroxylation is 1. The van der Waals surface area contributed by atoms with Crippen LogP contribution in [0.5, 0.6) is 0 Å². The number of carbonyl (C=O) groups excluding carboxylic acids is 1. The molecule has 128 valence electrons. The highest BCUT2D eigenvalue weighted by Crippen LogP contribution is 2.36. The third-order valence-electron chi connectivity index (χ3n) is 4.68. The molecule has 3 aromatic heterocycles. The first-order valence-corrected chi connectivity index (χ1v) is 9.13. The number of hydrogen-bond donors (Lipinski definition) is 1. The van der Waals surface area contributed by atoms with Gasteiger partial charge in [0.05, 0.1) is 12.0 Å². The predicted octanol–water partition coefficient (Wildman–Crippen LogP) is 2.56. The zero-order chi connectivity index (χ0) is 17.4. The fraction of sp³-hybridized carbons (Fsp3) is 0.263. The molecule has 0 saturated heterocycles. The van der Waals surface area contributed by atoms with Gasteiger partial charge in [0.15, 0.2) is 12.4 Å². The summed E-state index contributed by atoms with van der Waals surface area (Å²) in [5.41, 5.74) is 3.59. The summed E-state index contributed by atoms with van der Waals surface area (Å²) < 4.78 is 5.35. The standard InChI is InChI=1S/C19H19N3O2S/c1-13-14(2)25-19-16(13)11-21(10-15-6-3-4-8-20-15)12-22(19)18(23)17-7-5-9-24-17/h3-9H,10-12H2,1-2H3/p+1. The number of anilines is 1. The van der Waals surface area contributed by atoms with Crippen molar-refractivity contribution in [3.8, 4) is 0 Å². The van der Waals surface area contributed by atoms with Crippen molar-refractivity contribution in [2.75, 3.05) is 11.6 Å². The molecule has 6 heteroatoms. The van der Waals surface area contributed by atoms with Crippen molar-refractivity contribution in [2.45, 2.75) is 26.9 Å². The second-order valence-electron chi connectivity index (χ2n) is 6.36. The molecule has 4 rings (SSSR count). The Labute approximate surface area is 150 Å². The Morgan fingerprint density at radius 3 is 2.92 bits per heavy atom. The quantitative estimate of drug-likeness (QED) is 0.786. The van der Waals surface area contributed by atoms with E-state index in [9.17, 15) is 4.79 Å². The zero-order valence-electron chi connectivity index (χ0n) is 14.3. The minimum atomic E-state index is -0.0780. The maximum absolute atomic E-state index is 13.0. The van der Waals surface area contributed by atoms with E-state index in [2.05, 4.69) is 18.8 Å². The molecule has 1 amide bonds. The Morgan fingerprint density at radius 2 is 2.20 bits per heavy atom. The molecule has 4 heterocycles. The van der Waals surface area contributed by atoms with Crippen LogP contribution in [0.3, 0.4) is 0 Å². The topological polar surface area (TPSA) is 50.8 Å². The molecule has 5 nitrogen and oxygen atoms in total. The molecule has 1 aliphatic heterocycles. The number of pyridine rings is 1. The van der Waals surface area contributed by atoms with Crippen LogP contribution in [0.25, 0.3) is 0 Å². The minimum absolute atomic E-state index is 0.0780. The predicted molar refractivity (Wildman–Crippen MR) is 96.8 cm³/mol. The van der Waals surface area contributed by atoms with Gasteiger partial charge < -0.3 is 9.32 Å². The van der Waals surface area contributed by atoms with Gasteiger partial charge in [-0.15, -0.1) is 11.3 Å². The van der Waals surface area contributed by atoms with E-state index in [4.69, 9.17) is 4.42 Å². The fourth-order valence-electron chi connectivity index (χ4n) is 3.26. The second kappa shape index (κ2) is 6.46. The van der Waals surface area contributed by atoms with E-state index in [0.29, 0.717) is 12.4 Å². The number of carbonyl (C=O) groups is 1. The van der Waals surface area contributed by atoms with Crippen LogP contribution in [-0.4, -0.2) is 17.6 Å². The van der Waals surface area contributed by atoms with Crippen molar-refractivity contribution in [1.29, 1.82) is 0 Å². The summed E-state index contributed by atoms with van der Waals surface area (Å²) in [4.78, 5) is 21.8. The van der Waals surface area contributed by atoms with E-state index in [1.807, 2.05) is 29.3 Å². The lowest BCUT2D eigenvalue weighted by atomic mass is 10.1. The Morgan fingerprint density at radius 1 is 1.32 bits per heavy atom. The van der Waals surface area contributed by atoms with Crippen molar-refractivity contribution < 1.29 is 14.1 Å². The molecule has 0 spiro atoms. The Balaban J connectivity index is 1.68. The van der Waals surface area contributed by atoms with Crippen LogP contribution in [-0.2, 0) is 13.1 Å². The molecule has 1 unspecified atom stereocenters. The van der Waals surface area contributed by atoms with E-state index in [-0.39, 0.29) is 5.91 Å².